The fraction of sp³-hybridized carbons (Fsp3) is 0.353. The maximum absolute atomic E-state index is 12.2. The van der Waals surface area contributed by atoms with Crippen LogP contribution in [0.5, 0.6) is 0 Å². The second kappa shape index (κ2) is 6.24. The predicted octanol–water partition coefficient (Wildman–Crippen LogP) is 1.81. The lowest BCUT2D eigenvalue weighted by Crippen LogP contribution is -2.43. The summed E-state index contributed by atoms with van der Waals surface area (Å²) in [5.41, 5.74) is 2.74. The van der Waals surface area contributed by atoms with Gasteiger partial charge in [0.25, 0.3) is 0 Å². The molecule has 2 atom stereocenters. The summed E-state index contributed by atoms with van der Waals surface area (Å²) in [4.78, 5) is 23.2. The Morgan fingerprint density at radius 2 is 1.96 bits per heavy atom. The smallest absolute Gasteiger partial charge is 0.307 e. The van der Waals surface area contributed by atoms with Crippen molar-refractivity contribution in [2.75, 3.05) is 0 Å². The number of carboxylic acid groups (broad SMARTS) is 1. The molecule has 1 amide bonds. The standard InChI is InChI=1S/C17H19N3O3/c1-20-10-12(15(19-20)11-5-3-2-4-6-11)9-18-16(21)13-7-8-14(13)17(22)23/h2-6,10,13-14H,7-9H2,1H3,(H,18,21)(H,22,23). The van der Waals surface area contributed by atoms with Crippen LogP contribution in [0.1, 0.15) is 18.4 Å². The second-order valence-electron chi connectivity index (χ2n) is 5.89. The zero-order chi connectivity index (χ0) is 16.4. The molecule has 1 aromatic heterocycles. The van der Waals surface area contributed by atoms with Crippen LogP contribution in [-0.2, 0) is 23.2 Å². The largest absolute Gasteiger partial charge is 0.481 e. The Balaban J connectivity index is 1.69. The zero-order valence-electron chi connectivity index (χ0n) is 12.9. The zero-order valence-corrected chi connectivity index (χ0v) is 12.9. The minimum absolute atomic E-state index is 0.188. The highest BCUT2D eigenvalue weighted by Crippen LogP contribution is 2.34. The van der Waals surface area contributed by atoms with E-state index in [1.54, 1.807) is 4.68 Å². The number of hydrogen-bond donors (Lipinski definition) is 2. The summed E-state index contributed by atoms with van der Waals surface area (Å²) in [7, 11) is 1.84. The van der Waals surface area contributed by atoms with Gasteiger partial charge in [0, 0.05) is 30.9 Å². The van der Waals surface area contributed by atoms with Gasteiger partial charge in [-0.3, -0.25) is 14.3 Å². The summed E-state index contributed by atoms with van der Waals surface area (Å²) in [6.45, 7) is 0.347. The van der Waals surface area contributed by atoms with Crippen LogP contribution >= 0.6 is 0 Å². The summed E-state index contributed by atoms with van der Waals surface area (Å²) < 4.78 is 1.72. The van der Waals surface area contributed by atoms with E-state index in [-0.39, 0.29) is 5.91 Å². The van der Waals surface area contributed by atoms with Crippen molar-refractivity contribution in [2.45, 2.75) is 19.4 Å². The van der Waals surface area contributed by atoms with E-state index in [4.69, 9.17) is 5.11 Å². The van der Waals surface area contributed by atoms with Crippen molar-refractivity contribution >= 4 is 11.9 Å². The van der Waals surface area contributed by atoms with E-state index in [2.05, 4.69) is 10.4 Å². The highest BCUT2D eigenvalue weighted by Gasteiger charge is 2.41. The number of carboxylic acids is 1. The van der Waals surface area contributed by atoms with Gasteiger partial charge in [0.05, 0.1) is 17.5 Å². The molecule has 0 bridgehead atoms. The van der Waals surface area contributed by atoms with Gasteiger partial charge in [0.1, 0.15) is 0 Å². The van der Waals surface area contributed by atoms with Crippen molar-refractivity contribution in [3.8, 4) is 11.3 Å². The molecule has 2 N–H and O–H groups in total. The summed E-state index contributed by atoms with van der Waals surface area (Å²) in [5, 5.41) is 16.3. The van der Waals surface area contributed by atoms with Crippen molar-refractivity contribution in [3.63, 3.8) is 0 Å². The van der Waals surface area contributed by atoms with E-state index in [9.17, 15) is 9.59 Å². The minimum Gasteiger partial charge on any atom is -0.481 e. The fourth-order valence-electron chi connectivity index (χ4n) is 2.93. The number of aromatic nitrogens is 2. The van der Waals surface area contributed by atoms with E-state index < -0.39 is 17.8 Å². The number of rotatable bonds is 5. The van der Waals surface area contributed by atoms with E-state index >= 15 is 0 Å². The van der Waals surface area contributed by atoms with Crippen molar-refractivity contribution in [1.29, 1.82) is 0 Å². The van der Waals surface area contributed by atoms with Crippen molar-refractivity contribution in [2.24, 2.45) is 18.9 Å². The number of nitrogens with zero attached hydrogens (tertiary/aromatic N) is 2. The Morgan fingerprint density at radius 1 is 1.26 bits per heavy atom. The van der Waals surface area contributed by atoms with Gasteiger partial charge in [0.15, 0.2) is 0 Å². The molecule has 3 rings (SSSR count). The quantitative estimate of drug-likeness (QED) is 0.882. The SMILES string of the molecule is Cn1cc(CNC(=O)C2CCC2C(=O)O)c(-c2ccccc2)n1. The van der Waals surface area contributed by atoms with Crippen molar-refractivity contribution < 1.29 is 14.7 Å². The Bertz CT molecular complexity index is 724. The Labute approximate surface area is 134 Å². The summed E-state index contributed by atoms with van der Waals surface area (Å²) in [5.74, 6) is -2.03. The van der Waals surface area contributed by atoms with Gasteiger partial charge >= 0.3 is 5.97 Å². The molecule has 0 saturated heterocycles. The first-order valence-electron chi connectivity index (χ1n) is 7.64. The van der Waals surface area contributed by atoms with Gasteiger partial charge in [-0.1, -0.05) is 30.3 Å². The molecule has 0 aliphatic heterocycles. The van der Waals surface area contributed by atoms with Crippen LogP contribution in [0.2, 0.25) is 0 Å². The maximum atomic E-state index is 12.2. The number of amides is 1. The van der Waals surface area contributed by atoms with Gasteiger partial charge in [0.2, 0.25) is 5.91 Å². The molecule has 1 aliphatic carbocycles. The van der Waals surface area contributed by atoms with Gasteiger partial charge < -0.3 is 10.4 Å². The summed E-state index contributed by atoms with van der Waals surface area (Å²) in [6, 6.07) is 9.77. The molecule has 6 heteroatoms. The second-order valence-corrected chi connectivity index (χ2v) is 5.89. The van der Waals surface area contributed by atoms with E-state index in [0.717, 1.165) is 16.8 Å². The van der Waals surface area contributed by atoms with Gasteiger partial charge in [-0.2, -0.15) is 5.10 Å². The first-order valence-corrected chi connectivity index (χ1v) is 7.64. The molecule has 0 radical (unpaired) electrons. The number of carbonyl (C=O) groups excluding carboxylic acids is 1. The number of aliphatic carboxylic acids is 1. The highest BCUT2D eigenvalue weighted by molar-refractivity contribution is 5.86. The van der Waals surface area contributed by atoms with Crippen molar-refractivity contribution in [1.82, 2.24) is 15.1 Å². The molecule has 6 nitrogen and oxygen atoms in total. The fourth-order valence-corrected chi connectivity index (χ4v) is 2.93. The van der Waals surface area contributed by atoms with E-state index in [1.807, 2.05) is 43.6 Å². The van der Waals surface area contributed by atoms with Crippen LogP contribution in [0.15, 0.2) is 36.5 Å². The molecule has 1 aromatic carbocycles. The van der Waals surface area contributed by atoms with Crippen LogP contribution in [0, 0.1) is 11.8 Å². The number of aryl methyl sites for hydroxylation is 1. The highest BCUT2D eigenvalue weighted by atomic mass is 16.4. The maximum Gasteiger partial charge on any atom is 0.307 e. The average Bonchev–Trinajstić information content (AvgIpc) is 2.85. The number of carbonyl (C=O) groups is 2. The molecular weight excluding hydrogens is 294 g/mol. The third-order valence-corrected chi connectivity index (χ3v) is 4.33. The molecule has 0 spiro atoms. The topological polar surface area (TPSA) is 84.2 Å². The van der Waals surface area contributed by atoms with Crippen LogP contribution < -0.4 is 5.32 Å². The lowest BCUT2D eigenvalue weighted by Gasteiger charge is -2.31. The van der Waals surface area contributed by atoms with Crippen LogP contribution in [0.3, 0.4) is 0 Å². The van der Waals surface area contributed by atoms with Gasteiger partial charge in [-0.15, -0.1) is 0 Å². The van der Waals surface area contributed by atoms with Crippen LogP contribution in [0.4, 0.5) is 0 Å². The lowest BCUT2D eigenvalue weighted by molar-refractivity contribution is -0.152. The number of nitrogens with one attached hydrogen (secondary N) is 1. The van der Waals surface area contributed by atoms with Gasteiger partial charge in [-0.25, -0.2) is 0 Å². The molecule has 1 saturated carbocycles. The third-order valence-electron chi connectivity index (χ3n) is 4.33. The molecule has 2 unspecified atom stereocenters. The summed E-state index contributed by atoms with van der Waals surface area (Å²) >= 11 is 0. The first kappa shape index (κ1) is 15.3. The van der Waals surface area contributed by atoms with E-state index in [0.29, 0.717) is 19.4 Å². The third kappa shape index (κ3) is 3.11. The van der Waals surface area contributed by atoms with E-state index in [1.165, 1.54) is 0 Å². The number of hydrogen-bond acceptors (Lipinski definition) is 3. The lowest BCUT2D eigenvalue weighted by atomic mass is 9.73. The Hall–Kier alpha value is -2.63. The normalized spacial score (nSPS) is 19.9. The molecule has 1 aliphatic rings. The van der Waals surface area contributed by atoms with Crippen molar-refractivity contribution in [3.05, 3.63) is 42.1 Å². The summed E-state index contributed by atoms with van der Waals surface area (Å²) in [6.07, 6.45) is 3.09. The number of benzene rings is 1. The van der Waals surface area contributed by atoms with Crippen LogP contribution in [-0.4, -0.2) is 26.8 Å². The molecule has 23 heavy (non-hydrogen) atoms. The molecule has 2 aromatic rings. The van der Waals surface area contributed by atoms with Crippen LogP contribution in [0.25, 0.3) is 11.3 Å². The van der Waals surface area contributed by atoms with Gasteiger partial charge in [-0.05, 0) is 12.8 Å². The molecule has 120 valence electrons. The predicted molar refractivity (Wildman–Crippen MR) is 84.3 cm³/mol. The molecular formula is C17H19N3O3. The average molecular weight is 313 g/mol. The Morgan fingerprint density at radius 3 is 2.57 bits per heavy atom. The Kier molecular flexibility index (Phi) is 4.14. The monoisotopic (exact) mass is 313 g/mol. The minimum atomic E-state index is -0.886. The molecule has 1 heterocycles. The molecule has 1 fully saturated rings. The first-order chi connectivity index (χ1) is 11.1.